The molecule has 0 bridgehead atoms. The highest BCUT2D eigenvalue weighted by atomic mass is 19.1. The maximum Gasteiger partial charge on any atom is 0.255 e. The average Bonchev–Trinajstić information content (AvgIpc) is 3.17. The molecule has 0 aliphatic rings. The third-order valence-corrected chi connectivity index (χ3v) is 4.45. The summed E-state index contributed by atoms with van der Waals surface area (Å²) in [4.78, 5) is 12.8. The molecular formula is C22H25FN4O2. The number of nitrogens with zero attached hydrogens (tertiary/aromatic N) is 2. The largest absolute Gasteiger partial charge is 0.383 e. The highest BCUT2D eigenvalue weighted by molar-refractivity contribution is 5.99. The summed E-state index contributed by atoms with van der Waals surface area (Å²) >= 11 is 0. The van der Waals surface area contributed by atoms with Crippen LogP contribution in [0.1, 0.15) is 15.9 Å². The van der Waals surface area contributed by atoms with Gasteiger partial charge in [-0.05, 0) is 31.2 Å². The van der Waals surface area contributed by atoms with Crippen LogP contribution < -0.4 is 10.6 Å². The zero-order valence-electron chi connectivity index (χ0n) is 16.6. The first-order chi connectivity index (χ1) is 14.1. The second kappa shape index (κ2) is 9.95. The molecule has 3 aromatic rings. The summed E-state index contributed by atoms with van der Waals surface area (Å²) in [5.74, 6) is -0.527. The molecule has 0 radical (unpaired) electrons. The lowest BCUT2D eigenvalue weighted by Crippen LogP contribution is -2.33. The zero-order chi connectivity index (χ0) is 20.6. The Kier molecular flexibility index (Phi) is 7.10. The maximum absolute atomic E-state index is 13.3. The summed E-state index contributed by atoms with van der Waals surface area (Å²) in [7, 11) is 1.65. The van der Waals surface area contributed by atoms with Crippen LogP contribution in [0.2, 0.25) is 0 Å². The van der Waals surface area contributed by atoms with E-state index in [4.69, 9.17) is 4.74 Å². The van der Waals surface area contributed by atoms with Crippen molar-refractivity contribution in [3.8, 4) is 16.9 Å². The van der Waals surface area contributed by atoms with Gasteiger partial charge in [0, 0.05) is 38.5 Å². The van der Waals surface area contributed by atoms with Crippen LogP contribution in [0.5, 0.6) is 0 Å². The number of carbonyl (C=O) groups excluding carboxylic acids is 1. The van der Waals surface area contributed by atoms with Crippen molar-refractivity contribution in [2.24, 2.45) is 0 Å². The van der Waals surface area contributed by atoms with Gasteiger partial charge in [0.15, 0.2) is 0 Å². The normalized spacial score (nSPS) is 10.9. The van der Waals surface area contributed by atoms with Crippen LogP contribution in [0.4, 0.5) is 4.39 Å². The Labute approximate surface area is 169 Å². The molecule has 2 aromatic carbocycles. The van der Waals surface area contributed by atoms with Crippen molar-refractivity contribution in [1.82, 2.24) is 20.4 Å². The molecule has 0 saturated carbocycles. The molecule has 1 aromatic heterocycles. The number of methoxy groups -OCH3 is 1. The van der Waals surface area contributed by atoms with Crippen molar-refractivity contribution >= 4 is 5.91 Å². The Morgan fingerprint density at radius 2 is 1.79 bits per heavy atom. The molecule has 152 valence electrons. The molecule has 1 amide bonds. The Bertz CT molecular complexity index is 936. The smallest absolute Gasteiger partial charge is 0.255 e. The van der Waals surface area contributed by atoms with Crippen molar-refractivity contribution in [2.45, 2.75) is 6.92 Å². The number of carbonyl (C=O) groups is 1. The molecule has 3 rings (SSSR count). The first-order valence-electron chi connectivity index (χ1n) is 9.49. The molecule has 1 heterocycles. The maximum atomic E-state index is 13.3. The summed E-state index contributed by atoms with van der Waals surface area (Å²) in [6.45, 7) is 4.48. The molecule has 6 nitrogen and oxygen atoms in total. The first-order valence-corrected chi connectivity index (χ1v) is 9.49. The first kappa shape index (κ1) is 20.7. The molecule has 0 spiro atoms. The molecule has 2 N–H and O–H groups in total. The van der Waals surface area contributed by atoms with Gasteiger partial charge in [-0.25, -0.2) is 9.07 Å². The van der Waals surface area contributed by atoms with Gasteiger partial charge in [-0.2, -0.15) is 5.10 Å². The summed E-state index contributed by atoms with van der Waals surface area (Å²) in [6.07, 6.45) is 1.68. The topological polar surface area (TPSA) is 68.2 Å². The van der Waals surface area contributed by atoms with E-state index in [1.807, 2.05) is 31.2 Å². The Morgan fingerprint density at radius 3 is 2.48 bits per heavy atom. The molecule has 7 heteroatoms. The minimum atomic E-state index is -0.321. The van der Waals surface area contributed by atoms with E-state index in [-0.39, 0.29) is 11.7 Å². The van der Waals surface area contributed by atoms with Crippen molar-refractivity contribution in [1.29, 1.82) is 0 Å². The Hall–Kier alpha value is -3.03. The average molecular weight is 396 g/mol. The lowest BCUT2D eigenvalue weighted by Gasteiger charge is -2.07. The molecule has 0 aliphatic heterocycles. The fourth-order valence-corrected chi connectivity index (χ4v) is 2.85. The third-order valence-electron chi connectivity index (χ3n) is 4.45. The Balaban J connectivity index is 1.82. The van der Waals surface area contributed by atoms with E-state index in [1.54, 1.807) is 30.1 Å². The van der Waals surface area contributed by atoms with Crippen molar-refractivity contribution in [3.63, 3.8) is 0 Å². The van der Waals surface area contributed by atoms with E-state index < -0.39 is 0 Å². The second-order valence-electron chi connectivity index (χ2n) is 6.68. The molecule has 0 unspecified atom stereocenters. The molecule has 0 saturated heterocycles. The van der Waals surface area contributed by atoms with Crippen LogP contribution in [0.15, 0.2) is 54.7 Å². The van der Waals surface area contributed by atoms with Gasteiger partial charge in [0.25, 0.3) is 5.91 Å². The summed E-state index contributed by atoms with van der Waals surface area (Å²) in [6, 6.07) is 13.8. The zero-order valence-corrected chi connectivity index (χ0v) is 16.6. The van der Waals surface area contributed by atoms with E-state index in [1.165, 1.54) is 12.1 Å². The molecule has 0 aliphatic carbocycles. The van der Waals surface area contributed by atoms with E-state index in [9.17, 15) is 9.18 Å². The van der Waals surface area contributed by atoms with Crippen LogP contribution in [0.3, 0.4) is 0 Å². The molecule has 0 fully saturated rings. The SMILES string of the molecule is COCCNCCNC(=O)c1cn(-c2ccc(F)cc2)nc1-c1ccc(C)cc1. The van der Waals surface area contributed by atoms with Gasteiger partial charge in [-0.15, -0.1) is 0 Å². The number of halogens is 1. The fraction of sp³-hybridized carbons (Fsp3) is 0.273. The van der Waals surface area contributed by atoms with E-state index >= 15 is 0 Å². The number of benzene rings is 2. The lowest BCUT2D eigenvalue weighted by atomic mass is 10.1. The lowest BCUT2D eigenvalue weighted by molar-refractivity contribution is 0.0954. The number of aryl methyl sites for hydroxylation is 1. The minimum absolute atomic E-state index is 0.206. The highest BCUT2D eigenvalue weighted by Gasteiger charge is 2.18. The van der Waals surface area contributed by atoms with Gasteiger partial charge in [0.2, 0.25) is 0 Å². The van der Waals surface area contributed by atoms with Crippen molar-refractivity contribution in [3.05, 3.63) is 71.7 Å². The standard InChI is InChI=1S/C22H25FN4O2/c1-16-3-5-17(6-4-16)21-20(22(28)25-12-11-24-13-14-29-2)15-27(26-21)19-9-7-18(23)8-10-19/h3-10,15,24H,11-14H2,1-2H3,(H,25,28). The number of ether oxygens (including phenoxy) is 1. The number of amides is 1. The number of hydrogen-bond acceptors (Lipinski definition) is 4. The van der Waals surface area contributed by atoms with E-state index in [0.29, 0.717) is 36.6 Å². The van der Waals surface area contributed by atoms with Gasteiger partial charge in [-0.3, -0.25) is 4.79 Å². The molecular weight excluding hydrogens is 371 g/mol. The second-order valence-corrected chi connectivity index (χ2v) is 6.68. The number of hydrogen-bond donors (Lipinski definition) is 2. The minimum Gasteiger partial charge on any atom is -0.383 e. The van der Waals surface area contributed by atoms with Gasteiger partial charge in [0.1, 0.15) is 11.5 Å². The monoisotopic (exact) mass is 396 g/mol. The quantitative estimate of drug-likeness (QED) is 0.546. The molecule has 29 heavy (non-hydrogen) atoms. The van der Waals surface area contributed by atoms with E-state index in [0.717, 1.165) is 17.7 Å². The van der Waals surface area contributed by atoms with Crippen molar-refractivity contribution < 1.29 is 13.9 Å². The van der Waals surface area contributed by atoms with Gasteiger partial charge in [-0.1, -0.05) is 29.8 Å². The summed E-state index contributed by atoms with van der Waals surface area (Å²) in [5.41, 5.74) is 3.70. The van der Waals surface area contributed by atoms with Gasteiger partial charge < -0.3 is 15.4 Å². The predicted molar refractivity (Wildman–Crippen MR) is 111 cm³/mol. The summed E-state index contributed by atoms with van der Waals surface area (Å²) in [5, 5.41) is 10.7. The third kappa shape index (κ3) is 5.49. The van der Waals surface area contributed by atoms with E-state index in [2.05, 4.69) is 15.7 Å². The number of rotatable bonds is 9. The van der Waals surface area contributed by atoms with Crippen LogP contribution in [-0.4, -0.2) is 49.0 Å². The highest BCUT2D eigenvalue weighted by Crippen LogP contribution is 2.24. The van der Waals surface area contributed by atoms with Gasteiger partial charge >= 0.3 is 0 Å². The van der Waals surface area contributed by atoms with Crippen LogP contribution in [0.25, 0.3) is 16.9 Å². The molecule has 0 atom stereocenters. The van der Waals surface area contributed by atoms with Crippen LogP contribution >= 0.6 is 0 Å². The Morgan fingerprint density at radius 1 is 1.07 bits per heavy atom. The summed E-state index contributed by atoms with van der Waals surface area (Å²) < 4.78 is 19.8. The fourth-order valence-electron chi connectivity index (χ4n) is 2.85. The van der Waals surface area contributed by atoms with Crippen LogP contribution in [0, 0.1) is 12.7 Å². The van der Waals surface area contributed by atoms with Crippen LogP contribution in [-0.2, 0) is 4.74 Å². The van der Waals surface area contributed by atoms with Crippen molar-refractivity contribution in [2.75, 3.05) is 33.4 Å². The number of nitrogens with one attached hydrogen (secondary N) is 2. The number of aromatic nitrogens is 2. The predicted octanol–water partition coefficient (Wildman–Crippen LogP) is 2.95. The van der Waals surface area contributed by atoms with Gasteiger partial charge in [0.05, 0.1) is 17.9 Å².